The van der Waals surface area contributed by atoms with Crippen molar-refractivity contribution in [2.24, 2.45) is 0 Å². The highest BCUT2D eigenvalue weighted by atomic mass is 19.4. The Bertz CT molecular complexity index is 1090. The Hall–Kier alpha value is -3.08. The largest absolute Gasteiger partial charge is 0.416 e. The molecule has 1 aliphatic heterocycles. The van der Waals surface area contributed by atoms with Gasteiger partial charge in [-0.2, -0.15) is 31.3 Å². The predicted molar refractivity (Wildman–Crippen MR) is 113 cm³/mol. The number of rotatable bonds is 6. The van der Waals surface area contributed by atoms with E-state index in [1.807, 2.05) is 0 Å². The third-order valence-electron chi connectivity index (χ3n) is 5.37. The molecule has 0 aliphatic carbocycles. The van der Waals surface area contributed by atoms with Crippen LogP contribution in [0.2, 0.25) is 0 Å². The van der Waals surface area contributed by atoms with Gasteiger partial charge in [0, 0.05) is 24.2 Å². The number of hydrogen-bond acceptors (Lipinski definition) is 5. The zero-order valence-electron chi connectivity index (χ0n) is 17.4. The van der Waals surface area contributed by atoms with Crippen molar-refractivity contribution in [1.29, 1.82) is 0 Å². The number of halogens is 6. The molecule has 1 aliphatic rings. The lowest BCUT2D eigenvalue weighted by molar-refractivity contribution is -0.143. The van der Waals surface area contributed by atoms with Crippen molar-refractivity contribution in [2.75, 3.05) is 36.8 Å². The standard InChI is InChI=1S/C22H21F6N5/c23-21(24,25)14-11-15(22(26,27)28)13-16(12-14)30-20-31-18-6-2-1-5-17(18)19(32-20)29-7-10-33-8-3-4-9-33/h1-2,5-6,11-13H,3-4,7-10H2,(H2,29,30,31,32). The third kappa shape index (κ3) is 5.65. The first kappa shape index (κ1) is 23.1. The highest BCUT2D eigenvalue weighted by molar-refractivity contribution is 5.90. The van der Waals surface area contributed by atoms with Crippen LogP contribution in [-0.2, 0) is 12.4 Å². The molecule has 5 nitrogen and oxygen atoms in total. The highest BCUT2D eigenvalue weighted by Crippen LogP contribution is 2.38. The van der Waals surface area contributed by atoms with Crippen LogP contribution in [0.5, 0.6) is 0 Å². The van der Waals surface area contributed by atoms with Crippen LogP contribution in [0, 0.1) is 0 Å². The average Bonchev–Trinajstić information content (AvgIpc) is 3.26. The molecule has 0 spiro atoms. The van der Waals surface area contributed by atoms with Gasteiger partial charge in [-0.15, -0.1) is 0 Å². The van der Waals surface area contributed by atoms with E-state index in [-0.39, 0.29) is 12.0 Å². The van der Waals surface area contributed by atoms with Crippen LogP contribution in [-0.4, -0.2) is 41.0 Å². The summed E-state index contributed by atoms with van der Waals surface area (Å²) >= 11 is 0. The fourth-order valence-electron chi connectivity index (χ4n) is 3.76. The molecule has 1 fully saturated rings. The molecule has 2 N–H and O–H groups in total. The van der Waals surface area contributed by atoms with Gasteiger partial charge in [0.05, 0.1) is 16.6 Å². The predicted octanol–water partition coefficient (Wildman–Crippen LogP) is 5.92. The Morgan fingerprint density at radius 1 is 0.848 bits per heavy atom. The lowest BCUT2D eigenvalue weighted by Gasteiger charge is -2.17. The maximum atomic E-state index is 13.2. The number of fused-ring (bicyclic) bond motifs is 1. The van der Waals surface area contributed by atoms with Crippen molar-refractivity contribution in [1.82, 2.24) is 14.9 Å². The summed E-state index contributed by atoms with van der Waals surface area (Å²) in [4.78, 5) is 10.9. The smallest absolute Gasteiger partial charge is 0.368 e. The summed E-state index contributed by atoms with van der Waals surface area (Å²) < 4.78 is 79.0. The zero-order valence-corrected chi connectivity index (χ0v) is 17.4. The second kappa shape index (κ2) is 9.05. The fraction of sp³-hybridized carbons (Fsp3) is 0.364. The molecule has 2 heterocycles. The molecular formula is C22H21F6N5. The average molecular weight is 469 g/mol. The Kier molecular flexibility index (Phi) is 6.33. The number of nitrogens with one attached hydrogen (secondary N) is 2. The first-order valence-electron chi connectivity index (χ1n) is 10.4. The molecule has 1 aromatic heterocycles. The topological polar surface area (TPSA) is 53.1 Å². The van der Waals surface area contributed by atoms with Crippen LogP contribution in [0.1, 0.15) is 24.0 Å². The van der Waals surface area contributed by atoms with E-state index in [2.05, 4.69) is 25.5 Å². The molecule has 33 heavy (non-hydrogen) atoms. The van der Waals surface area contributed by atoms with Gasteiger partial charge < -0.3 is 15.5 Å². The monoisotopic (exact) mass is 469 g/mol. The van der Waals surface area contributed by atoms with E-state index in [4.69, 9.17) is 0 Å². The van der Waals surface area contributed by atoms with E-state index in [0.29, 0.717) is 35.4 Å². The number of benzene rings is 2. The van der Waals surface area contributed by atoms with Crippen molar-refractivity contribution >= 4 is 28.4 Å². The Morgan fingerprint density at radius 2 is 1.48 bits per heavy atom. The maximum absolute atomic E-state index is 13.2. The van der Waals surface area contributed by atoms with E-state index < -0.39 is 29.2 Å². The van der Waals surface area contributed by atoms with Crippen LogP contribution < -0.4 is 10.6 Å². The van der Waals surface area contributed by atoms with Crippen molar-refractivity contribution in [3.8, 4) is 0 Å². The lowest BCUT2D eigenvalue weighted by Crippen LogP contribution is -2.26. The second-order valence-corrected chi connectivity index (χ2v) is 7.81. The van der Waals surface area contributed by atoms with Crippen molar-refractivity contribution in [2.45, 2.75) is 25.2 Å². The molecule has 0 atom stereocenters. The van der Waals surface area contributed by atoms with Gasteiger partial charge in [0.1, 0.15) is 5.82 Å². The van der Waals surface area contributed by atoms with Gasteiger partial charge in [0.2, 0.25) is 5.95 Å². The third-order valence-corrected chi connectivity index (χ3v) is 5.37. The summed E-state index contributed by atoms with van der Waals surface area (Å²) in [6.45, 7) is 3.43. The van der Waals surface area contributed by atoms with Gasteiger partial charge in [0.15, 0.2) is 0 Å². The molecule has 176 valence electrons. The lowest BCUT2D eigenvalue weighted by atomic mass is 10.1. The van der Waals surface area contributed by atoms with E-state index in [1.54, 1.807) is 24.3 Å². The summed E-state index contributed by atoms with van der Waals surface area (Å²) in [5.74, 6) is 0.343. The molecule has 0 bridgehead atoms. The molecule has 4 rings (SSSR count). The minimum absolute atomic E-state index is 0.0811. The van der Waals surface area contributed by atoms with Crippen molar-refractivity contribution in [3.05, 3.63) is 53.6 Å². The van der Waals surface area contributed by atoms with Gasteiger partial charge in [-0.25, -0.2) is 4.98 Å². The quantitative estimate of drug-likeness (QED) is 0.439. The first-order valence-corrected chi connectivity index (χ1v) is 10.4. The second-order valence-electron chi connectivity index (χ2n) is 7.81. The first-order chi connectivity index (χ1) is 15.6. The summed E-state index contributed by atoms with van der Waals surface area (Å²) in [5.41, 5.74) is -2.73. The molecule has 2 aromatic carbocycles. The number of hydrogen-bond donors (Lipinski definition) is 2. The number of alkyl halides is 6. The van der Waals surface area contributed by atoms with Gasteiger partial charge in [-0.1, -0.05) is 12.1 Å². The number of anilines is 3. The van der Waals surface area contributed by atoms with Gasteiger partial charge in [0.25, 0.3) is 0 Å². The normalized spacial score (nSPS) is 15.2. The minimum Gasteiger partial charge on any atom is -0.368 e. The van der Waals surface area contributed by atoms with Gasteiger partial charge >= 0.3 is 12.4 Å². The number of para-hydroxylation sites is 1. The van der Waals surface area contributed by atoms with E-state index in [0.717, 1.165) is 32.5 Å². The summed E-state index contributed by atoms with van der Waals surface area (Å²) in [7, 11) is 0. The molecular weight excluding hydrogens is 448 g/mol. The zero-order chi connectivity index (χ0) is 23.6. The Balaban J connectivity index is 1.64. The van der Waals surface area contributed by atoms with E-state index in [9.17, 15) is 26.3 Å². The molecule has 11 heteroatoms. The van der Waals surface area contributed by atoms with Crippen LogP contribution in [0.15, 0.2) is 42.5 Å². The Labute approximate surface area is 185 Å². The van der Waals surface area contributed by atoms with Gasteiger partial charge in [-0.3, -0.25) is 0 Å². The van der Waals surface area contributed by atoms with Crippen LogP contribution in [0.25, 0.3) is 10.9 Å². The molecule has 0 amide bonds. The minimum atomic E-state index is -4.94. The molecule has 0 radical (unpaired) electrons. The van der Waals surface area contributed by atoms with Gasteiger partial charge in [-0.05, 0) is 56.3 Å². The Morgan fingerprint density at radius 3 is 2.12 bits per heavy atom. The van der Waals surface area contributed by atoms with Crippen LogP contribution >= 0.6 is 0 Å². The fourth-order valence-corrected chi connectivity index (χ4v) is 3.76. The van der Waals surface area contributed by atoms with E-state index in [1.165, 1.54) is 0 Å². The summed E-state index contributed by atoms with van der Waals surface area (Å²) in [5, 5.41) is 6.44. The van der Waals surface area contributed by atoms with Crippen molar-refractivity contribution < 1.29 is 26.3 Å². The highest BCUT2D eigenvalue weighted by Gasteiger charge is 2.37. The van der Waals surface area contributed by atoms with Crippen LogP contribution in [0.4, 0.5) is 43.8 Å². The van der Waals surface area contributed by atoms with Crippen molar-refractivity contribution in [3.63, 3.8) is 0 Å². The number of likely N-dealkylation sites (tertiary alicyclic amines) is 1. The molecule has 0 unspecified atom stereocenters. The summed E-state index contributed by atoms with van der Waals surface area (Å²) in [6.07, 6.45) is -7.57. The van der Waals surface area contributed by atoms with Crippen LogP contribution in [0.3, 0.4) is 0 Å². The molecule has 1 saturated heterocycles. The molecule has 3 aromatic rings. The number of aromatic nitrogens is 2. The summed E-state index contributed by atoms with van der Waals surface area (Å²) in [6, 6.07) is 8.32. The van der Waals surface area contributed by atoms with E-state index >= 15 is 0 Å². The maximum Gasteiger partial charge on any atom is 0.416 e. The SMILES string of the molecule is FC(F)(F)c1cc(Nc2nc(NCCN3CCCC3)c3ccccc3n2)cc(C(F)(F)F)c1. The molecule has 0 saturated carbocycles. The number of nitrogens with zero attached hydrogens (tertiary/aromatic N) is 3.